The van der Waals surface area contributed by atoms with Crippen LogP contribution in [0.2, 0.25) is 0 Å². The third-order valence-corrected chi connectivity index (χ3v) is 3.13. The highest BCUT2D eigenvalue weighted by Gasteiger charge is 2.16. The second kappa shape index (κ2) is 7.94. The monoisotopic (exact) mass is 324 g/mol. The maximum atomic E-state index is 11.7. The Kier molecular flexibility index (Phi) is 6.54. The standard InChI is InChI=1S/C17H28N2O4/c1-17(2,3)23-16(20)18-9-8-12-10-15(22-7)13(19(4)5)11-14(12)21-6/h10-11H,8-9H2,1-7H3,(H,18,20). The topological polar surface area (TPSA) is 60.0 Å². The van der Waals surface area contributed by atoms with E-state index < -0.39 is 11.7 Å². The number of alkyl carbamates (subject to hydrolysis) is 1. The summed E-state index contributed by atoms with van der Waals surface area (Å²) in [5, 5.41) is 2.75. The Balaban J connectivity index is 2.78. The molecule has 1 aromatic rings. The van der Waals surface area contributed by atoms with Gasteiger partial charge >= 0.3 is 6.09 Å². The van der Waals surface area contributed by atoms with Gasteiger partial charge in [-0.2, -0.15) is 0 Å². The maximum absolute atomic E-state index is 11.7. The van der Waals surface area contributed by atoms with Crippen molar-refractivity contribution in [2.45, 2.75) is 32.8 Å². The third-order valence-electron chi connectivity index (χ3n) is 3.13. The number of nitrogens with one attached hydrogen (secondary N) is 1. The van der Waals surface area contributed by atoms with Crippen LogP contribution in [0, 0.1) is 0 Å². The van der Waals surface area contributed by atoms with E-state index in [9.17, 15) is 4.79 Å². The van der Waals surface area contributed by atoms with Gasteiger partial charge in [0, 0.05) is 26.7 Å². The van der Waals surface area contributed by atoms with E-state index in [4.69, 9.17) is 14.2 Å². The Labute approximate surface area is 138 Å². The minimum absolute atomic E-state index is 0.423. The molecule has 130 valence electrons. The second-order valence-corrected chi connectivity index (χ2v) is 6.41. The molecule has 0 aromatic heterocycles. The number of amides is 1. The molecule has 6 nitrogen and oxygen atoms in total. The van der Waals surface area contributed by atoms with Crippen molar-refractivity contribution in [1.82, 2.24) is 5.32 Å². The third kappa shape index (κ3) is 5.88. The molecule has 23 heavy (non-hydrogen) atoms. The molecule has 0 unspecified atom stereocenters. The van der Waals surface area contributed by atoms with Crippen LogP contribution in [0.4, 0.5) is 10.5 Å². The molecule has 0 heterocycles. The van der Waals surface area contributed by atoms with Gasteiger partial charge < -0.3 is 24.4 Å². The van der Waals surface area contributed by atoms with Gasteiger partial charge in [-0.1, -0.05) is 0 Å². The number of benzene rings is 1. The van der Waals surface area contributed by atoms with Gasteiger partial charge in [0.25, 0.3) is 0 Å². The zero-order valence-corrected chi connectivity index (χ0v) is 15.1. The van der Waals surface area contributed by atoms with E-state index in [0.29, 0.717) is 13.0 Å². The van der Waals surface area contributed by atoms with Crippen molar-refractivity contribution in [2.24, 2.45) is 0 Å². The van der Waals surface area contributed by atoms with Gasteiger partial charge in [0.1, 0.15) is 17.1 Å². The molecule has 0 radical (unpaired) electrons. The first-order valence-corrected chi connectivity index (χ1v) is 7.57. The fourth-order valence-corrected chi connectivity index (χ4v) is 2.10. The average Bonchev–Trinajstić information content (AvgIpc) is 2.44. The predicted octanol–water partition coefficient (Wildman–Crippen LogP) is 2.84. The van der Waals surface area contributed by atoms with Gasteiger partial charge in [-0.05, 0) is 38.8 Å². The molecule has 1 N–H and O–H groups in total. The number of methoxy groups -OCH3 is 2. The quantitative estimate of drug-likeness (QED) is 0.872. The van der Waals surface area contributed by atoms with Gasteiger partial charge in [0.2, 0.25) is 0 Å². The number of hydrogen-bond acceptors (Lipinski definition) is 5. The van der Waals surface area contributed by atoms with Gasteiger partial charge in [-0.15, -0.1) is 0 Å². The predicted molar refractivity (Wildman–Crippen MR) is 91.8 cm³/mol. The lowest BCUT2D eigenvalue weighted by molar-refractivity contribution is 0.0528. The highest BCUT2D eigenvalue weighted by molar-refractivity contribution is 5.68. The summed E-state index contributed by atoms with van der Waals surface area (Å²) in [6.45, 7) is 5.96. The summed E-state index contributed by atoms with van der Waals surface area (Å²) < 4.78 is 16.1. The molecule has 0 aliphatic rings. The van der Waals surface area contributed by atoms with Gasteiger partial charge in [-0.3, -0.25) is 0 Å². The van der Waals surface area contributed by atoms with Crippen molar-refractivity contribution in [2.75, 3.05) is 39.8 Å². The molecular formula is C17H28N2O4. The number of hydrogen-bond donors (Lipinski definition) is 1. The fourth-order valence-electron chi connectivity index (χ4n) is 2.10. The van der Waals surface area contributed by atoms with E-state index in [0.717, 1.165) is 22.7 Å². The Morgan fingerprint density at radius 1 is 1.13 bits per heavy atom. The van der Waals surface area contributed by atoms with Crippen molar-refractivity contribution < 1.29 is 19.0 Å². The van der Waals surface area contributed by atoms with Crippen LogP contribution >= 0.6 is 0 Å². The van der Waals surface area contributed by atoms with Crippen LogP contribution < -0.4 is 19.7 Å². The van der Waals surface area contributed by atoms with Crippen molar-refractivity contribution in [3.63, 3.8) is 0 Å². The van der Waals surface area contributed by atoms with Crippen LogP contribution in [-0.4, -0.2) is 46.6 Å². The molecule has 0 bridgehead atoms. The number of carbonyl (C=O) groups excluding carboxylic acids is 1. The fraction of sp³-hybridized carbons (Fsp3) is 0.588. The summed E-state index contributed by atoms with van der Waals surface area (Å²) >= 11 is 0. The highest BCUT2D eigenvalue weighted by atomic mass is 16.6. The Morgan fingerprint density at radius 3 is 2.22 bits per heavy atom. The van der Waals surface area contributed by atoms with Crippen molar-refractivity contribution in [3.8, 4) is 11.5 Å². The van der Waals surface area contributed by atoms with E-state index in [1.54, 1.807) is 14.2 Å². The smallest absolute Gasteiger partial charge is 0.407 e. The molecule has 0 aliphatic heterocycles. The van der Waals surface area contributed by atoms with Crippen molar-refractivity contribution >= 4 is 11.8 Å². The minimum Gasteiger partial charge on any atom is -0.496 e. The highest BCUT2D eigenvalue weighted by Crippen LogP contribution is 2.34. The van der Waals surface area contributed by atoms with E-state index in [1.807, 2.05) is 51.9 Å². The van der Waals surface area contributed by atoms with Crippen LogP contribution in [0.15, 0.2) is 12.1 Å². The zero-order chi connectivity index (χ0) is 17.6. The molecule has 0 spiro atoms. The summed E-state index contributed by atoms with van der Waals surface area (Å²) in [5.41, 5.74) is 1.40. The summed E-state index contributed by atoms with van der Waals surface area (Å²) in [6.07, 6.45) is 0.195. The number of anilines is 1. The lowest BCUT2D eigenvalue weighted by Gasteiger charge is -2.21. The first-order chi connectivity index (χ1) is 10.7. The van der Waals surface area contributed by atoms with Crippen LogP contribution in [0.1, 0.15) is 26.3 Å². The number of nitrogens with zero attached hydrogens (tertiary/aromatic N) is 1. The first-order valence-electron chi connectivity index (χ1n) is 7.57. The average molecular weight is 324 g/mol. The van der Waals surface area contributed by atoms with Gasteiger partial charge in [0.15, 0.2) is 0 Å². The number of carbonyl (C=O) groups is 1. The normalized spacial score (nSPS) is 10.9. The summed E-state index contributed by atoms with van der Waals surface area (Å²) in [7, 11) is 7.16. The SMILES string of the molecule is COc1cc(N(C)C)c(OC)cc1CCNC(=O)OC(C)(C)C. The molecule has 1 amide bonds. The van der Waals surface area contributed by atoms with E-state index in [-0.39, 0.29) is 0 Å². The Morgan fingerprint density at radius 2 is 1.74 bits per heavy atom. The molecule has 0 fully saturated rings. The van der Waals surface area contributed by atoms with Gasteiger partial charge in [0.05, 0.1) is 19.9 Å². The zero-order valence-electron chi connectivity index (χ0n) is 15.1. The molecular weight excluding hydrogens is 296 g/mol. The summed E-state index contributed by atoms with van der Waals surface area (Å²) in [4.78, 5) is 13.6. The van der Waals surface area contributed by atoms with Crippen molar-refractivity contribution in [1.29, 1.82) is 0 Å². The first kappa shape index (κ1) is 18.9. The molecule has 1 rings (SSSR count). The maximum Gasteiger partial charge on any atom is 0.407 e. The van der Waals surface area contributed by atoms with Crippen molar-refractivity contribution in [3.05, 3.63) is 17.7 Å². The summed E-state index contributed by atoms with van der Waals surface area (Å²) in [6, 6.07) is 3.87. The van der Waals surface area contributed by atoms with Crippen LogP contribution in [0.5, 0.6) is 11.5 Å². The van der Waals surface area contributed by atoms with Crippen LogP contribution in [-0.2, 0) is 11.2 Å². The molecule has 1 aromatic carbocycles. The molecule has 0 saturated heterocycles. The van der Waals surface area contributed by atoms with Gasteiger partial charge in [-0.25, -0.2) is 4.79 Å². The molecule has 0 saturated carbocycles. The lowest BCUT2D eigenvalue weighted by atomic mass is 10.1. The number of rotatable bonds is 6. The Hall–Kier alpha value is -2.11. The van der Waals surface area contributed by atoms with E-state index >= 15 is 0 Å². The largest absolute Gasteiger partial charge is 0.496 e. The van der Waals surface area contributed by atoms with E-state index in [1.165, 1.54) is 0 Å². The number of ether oxygens (including phenoxy) is 3. The Bertz CT molecular complexity index is 536. The molecule has 0 atom stereocenters. The van der Waals surface area contributed by atoms with Crippen LogP contribution in [0.25, 0.3) is 0 Å². The minimum atomic E-state index is -0.502. The van der Waals surface area contributed by atoms with E-state index in [2.05, 4.69) is 5.32 Å². The summed E-state index contributed by atoms with van der Waals surface area (Å²) in [5.74, 6) is 1.53. The lowest BCUT2D eigenvalue weighted by Crippen LogP contribution is -2.33. The molecule has 0 aliphatic carbocycles. The van der Waals surface area contributed by atoms with Crippen LogP contribution in [0.3, 0.4) is 0 Å². The molecule has 6 heteroatoms. The second-order valence-electron chi connectivity index (χ2n) is 6.41.